The van der Waals surface area contributed by atoms with Crippen LogP contribution in [0.4, 0.5) is 4.39 Å². The molecule has 0 spiro atoms. The molecule has 21 heavy (non-hydrogen) atoms. The van der Waals surface area contributed by atoms with Gasteiger partial charge in [-0.25, -0.2) is 4.39 Å². The summed E-state index contributed by atoms with van der Waals surface area (Å²) in [7, 11) is 0. The molecule has 2 saturated heterocycles. The van der Waals surface area contributed by atoms with E-state index in [2.05, 4.69) is 12.2 Å². The fourth-order valence-electron chi connectivity index (χ4n) is 3.46. The summed E-state index contributed by atoms with van der Waals surface area (Å²) in [5.74, 6) is 0.845. The largest absolute Gasteiger partial charge is 0.335 e. The number of amides is 1. The normalized spacial score (nSPS) is 27.5. The molecule has 1 N–H and O–H groups in total. The van der Waals surface area contributed by atoms with E-state index in [1.54, 1.807) is 6.07 Å². The van der Waals surface area contributed by atoms with Crippen LogP contribution < -0.4 is 5.32 Å². The molecule has 2 fully saturated rings. The van der Waals surface area contributed by atoms with E-state index in [4.69, 9.17) is 0 Å². The number of benzene rings is 1. The molecule has 0 bridgehead atoms. The molecule has 2 aliphatic heterocycles. The lowest BCUT2D eigenvalue weighted by atomic mass is 9.87. The van der Waals surface area contributed by atoms with E-state index in [0.29, 0.717) is 17.4 Å². The van der Waals surface area contributed by atoms with Gasteiger partial charge in [-0.15, -0.1) is 0 Å². The van der Waals surface area contributed by atoms with Crippen molar-refractivity contribution in [3.63, 3.8) is 0 Å². The summed E-state index contributed by atoms with van der Waals surface area (Å²) in [6, 6.07) is 6.74. The molecule has 1 aromatic carbocycles. The molecule has 1 amide bonds. The fourth-order valence-corrected chi connectivity index (χ4v) is 3.46. The smallest absolute Gasteiger partial charge is 0.226 e. The molecule has 114 valence electrons. The van der Waals surface area contributed by atoms with Crippen LogP contribution in [-0.2, 0) is 4.79 Å². The van der Waals surface area contributed by atoms with E-state index in [-0.39, 0.29) is 23.7 Å². The maximum atomic E-state index is 14.1. The van der Waals surface area contributed by atoms with Gasteiger partial charge in [0.25, 0.3) is 0 Å². The highest BCUT2D eigenvalue weighted by Gasteiger charge is 2.39. The molecule has 0 aromatic heterocycles. The van der Waals surface area contributed by atoms with E-state index in [1.165, 1.54) is 6.07 Å². The van der Waals surface area contributed by atoms with Gasteiger partial charge in [-0.1, -0.05) is 32.0 Å². The molecule has 3 atom stereocenters. The number of halogens is 1. The number of nitrogens with zero attached hydrogens (tertiary/aromatic N) is 1. The Morgan fingerprint density at radius 2 is 2.10 bits per heavy atom. The van der Waals surface area contributed by atoms with Crippen LogP contribution in [0.25, 0.3) is 0 Å². The summed E-state index contributed by atoms with van der Waals surface area (Å²) in [6.07, 6.45) is 0.850. The van der Waals surface area contributed by atoms with Crippen molar-refractivity contribution < 1.29 is 9.18 Å². The number of hydrogen-bond acceptors (Lipinski definition) is 2. The summed E-state index contributed by atoms with van der Waals surface area (Å²) in [5, 5.41) is 3.22. The van der Waals surface area contributed by atoms with Crippen molar-refractivity contribution >= 4 is 5.91 Å². The second kappa shape index (κ2) is 5.76. The Labute approximate surface area is 125 Å². The van der Waals surface area contributed by atoms with Gasteiger partial charge < -0.3 is 10.2 Å². The SMILES string of the molecule is CC1CC(c2ccccc2F)N(C(=O)C(C)C2CNC2)C1. The summed E-state index contributed by atoms with van der Waals surface area (Å²) in [4.78, 5) is 14.7. The second-order valence-corrected chi connectivity index (χ2v) is 6.58. The fraction of sp³-hybridized carbons (Fsp3) is 0.588. The molecule has 2 aliphatic rings. The highest BCUT2D eigenvalue weighted by Crippen LogP contribution is 2.38. The molecule has 3 nitrogen and oxygen atoms in total. The first-order valence-corrected chi connectivity index (χ1v) is 7.83. The first-order chi connectivity index (χ1) is 10.1. The van der Waals surface area contributed by atoms with Gasteiger partial charge in [-0.2, -0.15) is 0 Å². The average molecular weight is 290 g/mol. The Kier molecular flexibility index (Phi) is 3.98. The maximum Gasteiger partial charge on any atom is 0.226 e. The maximum absolute atomic E-state index is 14.1. The van der Waals surface area contributed by atoms with Gasteiger partial charge in [0.1, 0.15) is 5.82 Å². The van der Waals surface area contributed by atoms with Crippen LogP contribution in [0.2, 0.25) is 0 Å². The summed E-state index contributed by atoms with van der Waals surface area (Å²) < 4.78 is 14.1. The van der Waals surface area contributed by atoms with Crippen molar-refractivity contribution in [3.05, 3.63) is 35.6 Å². The van der Waals surface area contributed by atoms with Crippen LogP contribution in [0.3, 0.4) is 0 Å². The van der Waals surface area contributed by atoms with Crippen molar-refractivity contribution in [2.45, 2.75) is 26.3 Å². The molecule has 0 aliphatic carbocycles. The van der Waals surface area contributed by atoms with Gasteiger partial charge in [-0.3, -0.25) is 4.79 Å². The molecule has 2 heterocycles. The van der Waals surface area contributed by atoms with Crippen molar-refractivity contribution in [2.75, 3.05) is 19.6 Å². The zero-order valence-corrected chi connectivity index (χ0v) is 12.7. The van der Waals surface area contributed by atoms with E-state index in [0.717, 1.165) is 26.1 Å². The molecule has 1 aromatic rings. The van der Waals surface area contributed by atoms with Crippen LogP contribution >= 0.6 is 0 Å². The third-order valence-corrected chi connectivity index (χ3v) is 4.97. The first-order valence-electron chi connectivity index (χ1n) is 7.83. The van der Waals surface area contributed by atoms with Crippen molar-refractivity contribution in [1.82, 2.24) is 10.2 Å². The zero-order valence-electron chi connectivity index (χ0n) is 12.7. The van der Waals surface area contributed by atoms with E-state index < -0.39 is 0 Å². The number of carbonyl (C=O) groups excluding carboxylic acids is 1. The predicted octanol–water partition coefficient (Wildman–Crippen LogP) is 2.59. The molecule has 3 unspecified atom stereocenters. The third-order valence-electron chi connectivity index (χ3n) is 4.97. The molecule has 4 heteroatoms. The number of nitrogens with one attached hydrogen (secondary N) is 1. The minimum Gasteiger partial charge on any atom is -0.335 e. The molecule has 0 radical (unpaired) electrons. The van der Waals surface area contributed by atoms with Crippen LogP contribution in [0.5, 0.6) is 0 Å². The third kappa shape index (κ3) is 2.69. The Morgan fingerprint density at radius 3 is 2.71 bits per heavy atom. The minimum atomic E-state index is -0.202. The number of rotatable bonds is 3. The van der Waals surface area contributed by atoms with Gasteiger partial charge in [0.2, 0.25) is 5.91 Å². The van der Waals surface area contributed by atoms with Crippen LogP contribution in [-0.4, -0.2) is 30.4 Å². The summed E-state index contributed by atoms with van der Waals surface area (Å²) in [6.45, 7) is 6.72. The quantitative estimate of drug-likeness (QED) is 0.928. The minimum absolute atomic E-state index is 0.0193. The van der Waals surface area contributed by atoms with Crippen LogP contribution in [0.15, 0.2) is 24.3 Å². The zero-order chi connectivity index (χ0) is 15.0. The monoisotopic (exact) mass is 290 g/mol. The Bertz CT molecular complexity index is 529. The Balaban J connectivity index is 1.82. The van der Waals surface area contributed by atoms with E-state index >= 15 is 0 Å². The summed E-state index contributed by atoms with van der Waals surface area (Å²) in [5.41, 5.74) is 0.661. The highest BCUT2D eigenvalue weighted by atomic mass is 19.1. The van der Waals surface area contributed by atoms with E-state index in [1.807, 2.05) is 24.0 Å². The lowest BCUT2D eigenvalue weighted by Gasteiger charge is -2.36. The summed E-state index contributed by atoms with van der Waals surface area (Å²) >= 11 is 0. The van der Waals surface area contributed by atoms with Crippen LogP contribution in [0, 0.1) is 23.6 Å². The number of hydrogen-bond donors (Lipinski definition) is 1. The lowest BCUT2D eigenvalue weighted by Crippen LogP contribution is -2.50. The first kappa shape index (κ1) is 14.5. The second-order valence-electron chi connectivity index (χ2n) is 6.58. The topological polar surface area (TPSA) is 32.3 Å². The van der Waals surface area contributed by atoms with Crippen molar-refractivity contribution in [2.24, 2.45) is 17.8 Å². The standard InChI is InChI=1S/C17H23FN2O/c1-11-7-16(14-5-3-4-6-15(14)18)20(10-11)17(21)12(2)13-8-19-9-13/h3-6,11-13,16,19H,7-10H2,1-2H3. The lowest BCUT2D eigenvalue weighted by molar-refractivity contribution is -0.138. The van der Waals surface area contributed by atoms with Crippen molar-refractivity contribution in [3.8, 4) is 0 Å². The number of carbonyl (C=O) groups is 1. The molecular formula is C17H23FN2O. The van der Waals surface area contributed by atoms with Gasteiger partial charge in [0, 0.05) is 18.0 Å². The Hall–Kier alpha value is -1.42. The van der Waals surface area contributed by atoms with Gasteiger partial charge in [-0.05, 0) is 37.4 Å². The van der Waals surface area contributed by atoms with Gasteiger partial charge in [0.15, 0.2) is 0 Å². The van der Waals surface area contributed by atoms with Gasteiger partial charge >= 0.3 is 0 Å². The molecule has 0 saturated carbocycles. The highest BCUT2D eigenvalue weighted by molar-refractivity contribution is 5.80. The average Bonchev–Trinajstić information content (AvgIpc) is 2.78. The van der Waals surface area contributed by atoms with Crippen LogP contribution in [0.1, 0.15) is 31.9 Å². The Morgan fingerprint density at radius 1 is 1.38 bits per heavy atom. The van der Waals surface area contributed by atoms with Gasteiger partial charge in [0.05, 0.1) is 6.04 Å². The molecular weight excluding hydrogens is 267 g/mol. The van der Waals surface area contributed by atoms with Crippen molar-refractivity contribution in [1.29, 1.82) is 0 Å². The molecule has 3 rings (SSSR count). The van der Waals surface area contributed by atoms with E-state index in [9.17, 15) is 9.18 Å². The predicted molar refractivity (Wildman–Crippen MR) is 80.2 cm³/mol. The number of likely N-dealkylation sites (tertiary alicyclic amines) is 1.